The van der Waals surface area contributed by atoms with Crippen LogP contribution >= 0.6 is 11.8 Å². The fourth-order valence-electron chi connectivity index (χ4n) is 2.63. The molecule has 0 spiro atoms. The van der Waals surface area contributed by atoms with Gasteiger partial charge in [-0.15, -0.1) is 0 Å². The maximum absolute atomic E-state index is 12.4. The van der Waals surface area contributed by atoms with Crippen molar-refractivity contribution in [1.82, 2.24) is 14.9 Å². The summed E-state index contributed by atoms with van der Waals surface area (Å²) in [5, 5.41) is 7.36. The van der Waals surface area contributed by atoms with Gasteiger partial charge in [0.25, 0.3) is 0 Å². The van der Waals surface area contributed by atoms with Crippen LogP contribution in [0.4, 0.5) is 0 Å². The third-order valence-electron chi connectivity index (χ3n) is 3.66. The van der Waals surface area contributed by atoms with E-state index in [9.17, 15) is 8.42 Å². The Kier molecular flexibility index (Phi) is 4.58. The van der Waals surface area contributed by atoms with Crippen LogP contribution in [0.5, 0.6) is 0 Å². The second-order valence-corrected chi connectivity index (χ2v) is 7.88. The van der Waals surface area contributed by atoms with Crippen LogP contribution in [0.3, 0.4) is 0 Å². The summed E-state index contributed by atoms with van der Waals surface area (Å²) in [5.41, 5.74) is 1.13. The molecule has 7 heteroatoms. The van der Waals surface area contributed by atoms with Crippen molar-refractivity contribution in [3.8, 4) is 0 Å². The summed E-state index contributed by atoms with van der Waals surface area (Å²) in [5.74, 6) is 0. The predicted molar refractivity (Wildman–Crippen MR) is 77.9 cm³/mol. The Bertz CT molecular complexity index is 512. The lowest BCUT2D eigenvalue weighted by Gasteiger charge is -2.27. The van der Waals surface area contributed by atoms with E-state index < -0.39 is 10.0 Å². The van der Waals surface area contributed by atoms with Crippen molar-refractivity contribution in [2.75, 3.05) is 6.26 Å². The van der Waals surface area contributed by atoms with E-state index in [1.54, 1.807) is 13.8 Å². The summed E-state index contributed by atoms with van der Waals surface area (Å²) in [7, 11) is -3.45. The number of aromatic nitrogens is 2. The molecular formula is C12H21N3O2S2. The van der Waals surface area contributed by atoms with Gasteiger partial charge in [-0.1, -0.05) is 0 Å². The lowest BCUT2D eigenvalue weighted by Crippen LogP contribution is -2.38. The van der Waals surface area contributed by atoms with Crippen molar-refractivity contribution in [3.05, 3.63) is 11.4 Å². The lowest BCUT2D eigenvalue weighted by atomic mass is 9.96. The van der Waals surface area contributed by atoms with E-state index in [0.717, 1.165) is 25.7 Å². The molecule has 1 fully saturated rings. The van der Waals surface area contributed by atoms with Gasteiger partial charge >= 0.3 is 0 Å². The minimum absolute atomic E-state index is 0.0575. The highest BCUT2D eigenvalue weighted by Gasteiger charge is 2.28. The van der Waals surface area contributed by atoms with E-state index in [4.69, 9.17) is 0 Å². The highest BCUT2D eigenvalue weighted by atomic mass is 32.2. The first-order valence-electron chi connectivity index (χ1n) is 6.50. The van der Waals surface area contributed by atoms with Gasteiger partial charge in [-0.25, -0.2) is 13.1 Å². The SMILES string of the molecule is CSC1CCC(NS(=O)(=O)c2c(C)n[nH]c2C)CC1. The number of hydrogen-bond acceptors (Lipinski definition) is 4. The van der Waals surface area contributed by atoms with E-state index in [-0.39, 0.29) is 6.04 Å². The number of hydrogen-bond donors (Lipinski definition) is 2. The van der Waals surface area contributed by atoms with Crippen molar-refractivity contribution in [2.24, 2.45) is 0 Å². The fraction of sp³-hybridized carbons (Fsp3) is 0.750. The summed E-state index contributed by atoms with van der Waals surface area (Å²) in [6.45, 7) is 3.45. The monoisotopic (exact) mass is 303 g/mol. The van der Waals surface area contributed by atoms with Crippen LogP contribution < -0.4 is 4.72 Å². The van der Waals surface area contributed by atoms with Gasteiger partial charge in [0, 0.05) is 11.3 Å². The highest BCUT2D eigenvalue weighted by Crippen LogP contribution is 2.28. The van der Waals surface area contributed by atoms with Crippen LogP contribution in [0.2, 0.25) is 0 Å². The minimum atomic E-state index is -3.45. The molecule has 1 aromatic rings. The van der Waals surface area contributed by atoms with Gasteiger partial charge in [-0.3, -0.25) is 5.10 Å². The molecule has 0 aliphatic heterocycles. The molecular weight excluding hydrogens is 282 g/mol. The third-order valence-corrected chi connectivity index (χ3v) is 6.58. The van der Waals surface area contributed by atoms with E-state index in [0.29, 0.717) is 21.5 Å². The first-order chi connectivity index (χ1) is 8.94. The van der Waals surface area contributed by atoms with Crippen molar-refractivity contribution in [1.29, 1.82) is 0 Å². The zero-order valence-electron chi connectivity index (χ0n) is 11.6. The molecule has 5 nitrogen and oxygen atoms in total. The molecule has 0 bridgehead atoms. The van der Waals surface area contributed by atoms with Gasteiger partial charge in [0.05, 0.1) is 11.4 Å². The van der Waals surface area contributed by atoms with Crippen LogP contribution in [0.1, 0.15) is 37.1 Å². The number of nitrogens with zero attached hydrogens (tertiary/aromatic N) is 1. The topological polar surface area (TPSA) is 74.8 Å². The number of rotatable bonds is 4. The lowest BCUT2D eigenvalue weighted by molar-refractivity contribution is 0.420. The number of thioether (sulfide) groups is 1. The molecule has 0 radical (unpaired) electrons. The van der Waals surface area contributed by atoms with Gasteiger partial charge < -0.3 is 0 Å². The van der Waals surface area contributed by atoms with Crippen LogP contribution in [0, 0.1) is 13.8 Å². The smallest absolute Gasteiger partial charge is 0.244 e. The van der Waals surface area contributed by atoms with Crippen molar-refractivity contribution in [2.45, 2.75) is 55.7 Å². The van der Waals surface area contributed by atoms with E-state index >= 15 is 0 Å². The summed E-state index contributed by atoms with van der Waals surface area (Å²) < 4.78 is 27.6. The van der Waals surface area contributed by atoms with Gasteiger partial charge in [-0.2, -0.15) is 16.9 Å². The average molecular weight is 303 g/mol. The number of H-pyrrole nitrogens is 1. The van der Waals surface area contributed by atoms with Gasteiger partial charge in [0.15, 0.2) is 0 Å². The number of aryl methyl sites for hydroxylation is 2. The first-order valence-corrected chi connectivity index (χ1v) is 9.28. The van der Waals surface area contributed by atoms with Gasteiger partial charge in [0.2, 0.25) is 10.0 Å². The Balaban J connectivity index is 2.07. The maximum atomic E-state index is 12.4. The minimum Gasteiger partial charge on any atom is -0.281 e. The molecule has 0 amide bonds. The summed E-state index contributed by atoms with van der Waals surface area (Å²) in [4.78, 5) is 0.305. The summed E-state index contributed by atoms with van der Waals surface area (Å²) >= 11 is 1.88. The Morgan fingerprint density at radius 3 is 2.37 bits per heavy atom. The van der Waals surface area contributed by atoms with E-state index in [2.05, 4.69) is 21.2 Å². The number of sulfonamides is 1. The molecule has 108 valence electrons. The van der Waals surface area contributed by atoms with Crippen LogP contribution in [0.15, 0.2) is 4.90 Å². The molecule has 2 rings (SSSR count). The Hall–Kier alpha value is -0.530. The summed E-state index contributed by atoms with van der Waals surface area (Å²) in [6, 6.07) is 0.0575. The van der Waals surface area contributed by atoms with Crippen LogP contribution in [-0.4, -0.2) is 36.2 Å². The highest BCUT2D eigenvalue weighted by molar-refractivity contribution is 7.99. The molecule has 1 aliphatic carbocycles. The number of aromatic amines is 1. The second-order valence-electron chi connectivity index (χ2n) is 5.09. The predicted octanol–water partition coefficient (Wildman–Crippen LogP) is 1.98. The standard InChI is InChI=1S/C12H21N3O2S2/c1-8-12(9(2)14-13-8)19(16,17)15-10-4-6-11(18-3)7-5-10/h10-11,15H,4-7H2,1-3H3,(H,13,14). The maximum Gasteiger partial charge on any atom is 0.244 e. The fourth-order valence-corrected chi connectivity index (χ4v) is 5.05. The molecule has 19 heavy (non-hydrogen) atoms. The summed E-state index contributed by atoms with van der Waals surface area (Å²) in [6.07, 6.45) is 6.12. The van der Waals surface area contributed by atoms with Crippen molar-refractivity contribution >= 4 is 21.8 Å². The van der Waals surface area contributed by atoms with E-state index in [1.807, 2.05) is 11.8 Å². The molecule has 2 N–H and O–H groups in total. The van der Waals surface area contributed by atoms with Crippen molar-refractivity contribution in [3.63, 3.8) is 0 Å². The molecule has 1 aliphatic rings. The molecule has 0 saturated heterocycles. The molecule has 1 heterocycles. The Morgan fingerprint density at radius 1 is 1.26 bits per heavy atom. The normalized spacial score (nSPS) is 24.6. The molecule has 0 atom stereocenters. The zero-order valence-corrected chi connectivity index (χ0v) is 13.2. The van der Waals surface area contributed by atoms with Gasteiger partial charge in [0.1, 0.15) is 4.90 Å². The molecule has 0 unspecified atom stereocenters. The largest absolute Gasteiger partial charge is 0.281 e. The quantitative estimate of drug-likeness (QED) is 0.892. The second kappa shape index (κ2) is 5.85. The van der Waals surface area contributed by atoms with Crippen molar-refractivity contribution < 1.29 is 8.42 Å². The molecule has 1 saturated carbocycles. The van der Waals surface area contributed by atoms with E-state index in [1.165, 1.54) is 0 Å². The first kappa shape index (κ1) is 14.9. The van der Waals surface area contributed by atoms with Crippen LogP contribution in [-0.2, 0) is 10.0 Å². The Morgan fingerprint density at radius 2 is 1.89 bits per heavy atom. The molecule has 0 aromatic carbocycles. The molecule has 1 aromatic heterocycles. The van der Waals surface area contributed by atoms with Crippen LogP contribution in [0.25, 0.3) is 0 Å². The Labute approximate surface area is 119 Å². The average Bonchev–Trinajstić information content (AvgIpc) is 2.70. The van der Waals surface area contributed by atoms with Gasteiger partial charge in [-0.05, 0) is 45.8 Å². The zero-order chi connectivity index (χ0) is 14.0. The number of nitrogens with one attached hydrogen (secondary N) is 2. The third kappa shape index (κ3) is 3.32.